The van der Waals surface area contributed by atoms with Crippen LogP contribution in [-0.4, -0.2) is 88.8 Å². The van der Waals surface area contributed by atoms with Crippen LogP contribution in [0.15, 0.2) is 30.9 Å². The van der Waals surface area contributed by atoms with Crippen molar-refractivity contribution in [3.8, 4) is 6.01 Å². The maximum atomic E-state index is 14.0. The van der Waals surface area contributed by atoms with Crippen molar-refractivity contribution in [2.24, 2.45) is 0 Å². The highest BCUT2D eigenvalue weighted by atomic mass is 19.4. The number of likely N-dealkylation sites (N-methyl/N-ethyl adjacent to an activating group) is 2. The van der Waals surface area contributed by atoms with Gasteiger partial charge in [-0.05, 0) is 51.9 Å². The summed E-state index contributed by atoms with van der Waals surface area (Å²) >= 11 is 0. The molecule has 1 aromatic carbocycles. The SMILES string of the molecule is CN1C[C@H](O)C[C@@H]1COc1nc(N)c2c(n1)CN(c1cccc(F)c1C(F)(F)F)CC2.[C-]#[N+]CC(C)N(CC)C(=O)C=C. The molecule has 2 aliphatic rings. The zero-order valence-electron chi connectivity index (χ0n) is 24.4. The molecule has 3 heterocycles. The van der Waals surface area contributed by atoms with Gasteiger partial charge in [-0.2, -0.15) is 23.1 Å². The fourth-order valence-electron chi connectivity index (χ4n) is 5.21. The zero-order chi connectivity index (χ0) is 31.9. The van der Waals surface area contributed by atoms with E-state index in [9.17, 15) is 27.5 Å². The van der Waals surface area contributed by atoms with Crippen LogP contribution in [-0.2, 0) is 23.9 Å². The lowest BCUT2D eigenvalue weighted by Gasteiger charge is -2.32. The van der Waals surface area contributed by atoms with Crippen molar-refractivity contribution in [3.63, 3.8) is 0 Å². The first kappa shape index (κ1) is 33.5. The molecule has 1 amide bonds. The van der Waals surface area contributed by atoms with Gasteiger partial charge in [-0.3, -0.25) is 9.69 Å². The van der Waals surface area contributed by atoms with E-state index in [1.807, 2.05) is 25.8 Å². The third-order valence-electron chi connectivity index (χ3n) is 7.45. The Labute approximate surface area is 248 Å². The normalized spacial score (nSPS) is 19.0. The van der Waals surface area contributed by atoms with Crippen molar-refractivity contribution in [2.75, 3.05) is 50.5 Å². The molecule has 43 heavy (non-hydrogen) atoms. The van der Waals surface area contributed by atoms with Crippen molar-refractivity contribution < 1.29 is 32.2 Å². The number of ether oxygens (including phenoxy) is 1. The molecular weight excluding hydrogens is 570 g/mol. The minimum Gasteiger partial charge on any atom is -0.462 e. The molecule has 10 nitrogen and oxygen atoms in total. The first-order valence-corrected chi connectivity index (χ1v) is 13.8. The number of alkyl halides is 3. The number of aliphatic hydroxyl groups excluding tert-OH is 1. The Morgan fingerprint density at radius 1 is 1.40 bits per heavy atom. The summed E-state index contributed by atoms with van der Waals surface area (Å²) in [5, 5.41) is 9.75. The highest BCUT2D eigenvalue weighted by Crippen LogP contribution is 2.40. The summed E-state index contributed by atoms with van der Waals surface area (Å²) in [6, 6.07) is 3.31. The first-order valence-electron chi connectivity index (χ1n) is 13.8. The quantitative estimate of drug-likeness (QED) is 0.266. The Morgan fingerprint density at radius 3 is 2.70 bits per heavy atom. The third kappa shape index (κ3) is 8.32. The highest BCUT2D eigenvalue weighted by molar-refractivity contribution is 5.87. The van der Waals surface area contributed by atoms with Gasteiger partial charge in [-0.25, -0.2) is 11.0 Å². The number of amides is 1. The Kier molecular flexibility index (Phi) is 11.3. The molecule has 3 N–H and O–H groups in total. The van der Waals surface area contributed by atoms with Crippen molar-refractivity contribution in [1.29, 1.82) is 0 Å². The Balaban J connectivity index is 0.000000359. The number of rotatable bonds is 8. The number of nitrogen functional groups attached to an aromatic ring is 1. The fraction of sp³-hybridized carbons (Fsp3) is 0.517. The van der Waals surface area contributed by atoms with Crippen LogP contribution in [0.4, 0.5) is 29.1 Å². The predicted molar refractivity (Wildman–Crippen MR) is 154 cm³/mol. The van der Waals surface area contributed by atoms with Crippen molar-refractivity contribution in [2.45, 2.75) is 57.6 Å². The Hall–Kier alpha value is -3.96. The molecule has 4 rings (SSSR count). The number of carbonyl (C=O) groups excluding carboxylic acids is 1. The monoisotopic (exact) mass is 607 g/mol. The van der Waals surface area contributed by atoms with Crippen molar-refractivity contribution in [3.05, 3.63) is 64.9 Å². The smallest absolute Gasteiger partial charge is 0.421 e. The van der Waals surface area contributed by atoms with Gasteiger partial charge in [0.05, 0.1) is 24.0 Å². The van der Waals surface area contributed by atoms with E-state index in [2.05, 4.69) is 21.4 Å². The number of nitrogens with two attached hydrogens (primary N) is 1. The second-order valence-corrected chi connectivity index (χ2v) is 10.4. The topological polar surface area (TPSA) is 112 Å². The summed E-state index contributed by atoms with van der Waals surface area (Å²) in [5.74, 6) is -1.20. The lowest BCUT2D eigenvalue weighted by atomic mass is 10.0. The number of fused-ring (bicyclic) bond motifs is 1. The lowest BCUT2D eigenvalue weighted by molar-refractivity contribution is -0.139. The van der Waals surface area contributed by atoms with Gasteiger partial charge in [0.15, 0.2) is 0 Å². The van der Waals surface area contributed by atoms with Gasteiger partial charge in [-0.1, -0.05) is 12.6 Å². The minimum absolute atomic E-state index is 0.00556. The molecule has 0 radical (unpaired) electrons. The van der Waals surface area contributed by atoms with E-state index < -0.39 is 23.7 Å². The molecule has 0 aliphatic carbocycles. The van der Waals surface area contributed by atoms with E-state index in [4.69, 9.17) is 17.0 Å². The molecule has 1 unspecified atom stereocenters. The van der Waals surface area contributed by atoms with Crippen LogP contribution >= 0.6 is 0 Å². The second-order valence-electron chi connectivity index (χ2n) is 10.4. The molecule has 1 fully saturated rings. The molecule has 2 aromatic rings. The van der Waals surface area contributed by atoms with E-state index in [1.165, 1.54) is 23.1 Å². The van der Waals surface area contributed by atoms with Gasteiger partial charge < -0.3 is 30.2 Å². The average molecular weight is 608 g/mol. The van der Waals surface area contributed by atoms with Gasteiger partial charge in [-0.15, -0.1) is 0 Å². The number of halogens is 4. The number of nitrogens with zero attached hydrogens (tertiary/aromatic N) is 6. The fourth-order valence-corrected chi connectivity index (χ4v) is 5.21. The summed E-state index contributed by atoms with van der Waals surface area (Å²) in [4.78, 5) is 28.0. The van der Waals surface area contributed by atoms with E-state index in [0.717, 1.165) is 6.07 Å². The second kappa shape index (κ2) is 14.5. The maximum Gasteiger partial charge on any atom is 0.421 e. The number of hydrogen-bond donors (Lipinski definition) is 2. The van der Waals surface area contributed by atoms with Crippen LogP contribution in [0.25, 0.3) is 4.85 Å². The van der Waals surface area contributed by atoms with Crippen molar-refractivity contribution in [1.82, 2.24) is 19.8 Å². The summed E-state index contributed by atoms with van der Waals surface area (Å²) in [6.45, 7) is 15.8. The maximum absolute atomic E-state index is 14.0. The van der Waals surface area contributed by atoms with Crippen LogP contribution in [0, 0.1) is 12.4 Å². The number of benzene rings is 1. The number of hydrogen-bond acceptors (Lipinski definition) is 8. The number of anilines is 2. The van der Waals surface area contributed by atoms with E-state index >= 15 is 0 Å². The molecule has 0 bridgehead atoms. The van der Waals surface area contributed by atoms with Gasteiger partial charge in [0, 0.05) is 31.2 Å². The number of likely N-dealkylation sites (tertiary alicyclic amines) is 1. The predicted octanol–water partition coefficient (Wildman–Crippen LogP) is 3.55. The van der Waals surface area contributed by atoms with Gasteiger partial charge in [0.2, 0.25) is 12.5 Å². The summed E-state index contributed by atoms with van der Waals surface area (Å²) in [7, 11) is 1.88. The molecule has 2 aliphatic heterocycles. The molecule has 1 aromatic heterocycles. The molecule has 234 valence electrons. The van der Waals surface area contributed by atoms with Crippen LogP contribution in [0.3, 0.4) is 0 Å². The van der Waals surface area contributed by atoms with Crippen LogP contribution in [0.1, 0.15) is 37.1 Å². The van der Waals surface area contributed by atoms with E-state index in [-0.39, 0.29) is 55.2 Å². The van der Waals surface area contributed by atoms with Crippen LogP contribution < -0.4 is 15.4 Å². The molecular formula is C29H37F4N7O3. The van der Waals surface area contributed by atoms with E-state index in [1.54, 1.807) is 4.90 Å². The third-order valence-corrected chi connectivity index (χ3v) is 7.45. The van der Waals surface area contributed by atoms with Crippen LogP contribution in [0.5, 0.6) is 6.01 Å². The average Bonchev–Trinajstić information content (AvgIpc) is 3.27. The van der Waals surface area contributed by atoms with Crippen LogP contribution in [0.2, 0.25) is 0 Å². The Morgan fingerprint density at radius 2 is 2.12 bits per heavy atom. The van der Waals surface area contributed by atoms with E-state index in [0.29, 0.717) is 43.7 Å². The lowest BCUT2D eigenvalue weighted by Crippen LogP contribution is -2.38. The summed E-state index contributed by atoms with van der Waals surface area (Å²) in [5.41, 5.74) is 5.62. The van der Waals surface area contributed by atoms with Gasteiger partial charge in [0.1, 0.15) is 29.8 Å². The molecule has 0 spiro atoms. The van der Waals surface area contributed by atoms with Gasteiger partial charge in [0.25, 0.3) is 0 Å². The number of carbonyl (C=O) groups is 1. The van der Waals surface area contributed by atoms with Gasteiger partial charge >= 0.3 is 12.2 Å². The summed E-state index contributed by atoms with van der Waals surface area (Å²) < 4.78 is 60.0. The molecule has 3 atom stereocenters. The highest BCUT2D eigenvalue weighted by Gasteiger charge is 2.39. The minimum atomic E-state index is -4.82. The number of aromatic nitrogens is 2. The molecule has 14 heteroatoms. The molecule has 1 saturated heterocycles. The first-order chi connectivity index (χ1) is 20.3. The Bertz CT molecular complexity index is 1330. The standard InChI is InChI=1S/C20H23F4N5O2.C9H14N2O/c1-28-8-12(30)7-11(28)10-31-19-26-15-9-29(6-5-13(15)18(25)27-19)16-4-2-3-14(21)17(16)20(22,23)24;1-5-9(12)11(6-2)8(3)7-10-4/h2-4,11-12,30H,5-10H2,1H3,(H2,25,26,27);5,8H,1,6-7H2,2-3H3/t11-,12-;/m1./s1. The summed E-state index contributed by atoms with van der Waals surface area (Å²) in [6.07, 6.45) is -3.07. The number of β-amino-alcohol motifs (C(OH)–C–C–N with tert-alkyl or cyclic N) is 1. The van der Waals surface area contributed by atoms with Crippen molar-refractivity contribution >= 4 is 17.4 Å². The molecule has 0 saturated carbocycles. The largest absolute Gasteiger partial charge is 0.462 e. The zero-order valence-corrected chi connectivity index (χ0v) is 24.4. The number of aliphatic hydroxyl groups is 1.